The van der Waals surface area contributed by atoms with Crippen molar-refractivity contribution in [1.29, 1.82) is 0 Å². The van der Waals surface area contributed by atoms with E-state index >= 15 is 0 Å². The average Bonchev–Trinajstić information content (AvgIpc) is 3.72. The summed E-state index contributed by atoms with van der Waals surface area (Å²) in [6.07, 6.45) is 0.419. The molecule has 12 nitrogen and oxygen atoms in total. The molecule has 5 N–H and O–H groups in total. The summed E-state index contributed by atoms with van der Waals surface area (Å²) in [5.74, 6) is 0.292. The normalized spacial score (nSPS) is 16.6. The molecule has 1 saturated heterocycles. The number of carbonyl (C=O) groups excluding carboxylic acids is 2. The van der Waals surface area contributed by atoms with Gasteiger partial charge < -0.3 is 30.9 Å². The third-order valence-corrected chi connectivity index (χ3v) is 10.5. The Morgan fingerprint density at radius 3 is 2.36 bits per heavy atom. The van der Waals surface area contributed by atoms with E-state index in [1.807, 2.05) is 91.0 Å². The molecule has 286 valence electrons. The molecule has 1 aromatic heterocycles. The summed E-state index contributed by atoms with van der Waals surface area (Å²) in [5.41, 5.74) is 13.5. The molecule has 0 unspecified atom stereocenters. The first kappa shape index (κ1) is 38.4. The van der Waals surface area contributed by atoms with Crippen molar-refractivity contribution >= 4 is 35.0 Å². The summed E-state index contributed by atoms with van der Waals surface area (Å²) in [4.78, 5) is 25.0. The molecule has 56 heavy (non-hydrogen) atoms. The highest BCUT2D eigenvalue weighted by Crippen LogP contribution is 2.40. The molecular weight excluding hydrogens is 727 g/mol. The SMILES string of the molecule is Nc1ccccc1NC(=O)CCCC(=O)NCc1cccc(-c2cccc([C@@H]3O[C@H](CSc4nnnn4-c4ccccc4)C[C@H](c4ccc(CO)cc4)O3)c2)c1. The molecule has 0 spiro atoms. The minimum atomic E-state index is -0.642. The van der Waals surface area contributed by atoms with Crippen LogP contribution in [0.3, 0.4) is 0 Å². The molecule has 2 amide bonds. The highest BCUT2D eigenvalue weighted by atomic mass is 32.2. The summed E-state index contributed by atoms with van der Waals surface area (Å²) in [7, 11) is 0. The average molecular weight is 770 g/mol. The first-order valence-electron chi connectivity index (χ1n) is 18.5. The van der Waals surface area contributed by atoms with Crippen LogP contribution in [0.5, 0.6) is 0 Å². The van der Waals surface area contributed by atoms with Gasteiger partial charge in [0.25, 0.3) is 0 Å². The number of anilines is 2. The van der Waals surface area contributed by atoms with Gasteiger partial charge in [-0.3, -0.25) is 9.59 Å². The maximum atomic E-state index is 12.7. The number of aromatic nitrogens is 4. The monoisotopic (exact) mass is 769 g/mol. The fourth-order valence-corrected chi connectivity index (χ4v) is 7.35. The number of aliphatic hydroxyl groups excluding tert-OH is 1. The first-order valence-corrected chi connectivity index (χ1v) is 19.5. The zero-order chi connectivity index (χ0) is 38.7. The Morgan fingerprint density at radius 1 is 0.804 bits per heavy atom. The number of hydrogen-bond acceptors (Lipinski definition) is 10. The van der Waals surface area contributed by atoms with Crippen LogP contribution >= 0.6 is 11.8 Å². The molecule has 13 heteroatoms. The molecule has 0 bridgehead atoms. The van der Waals surface area contributed by atoms with Gasteiger partial charge in [0.1, 0.15) is 0 Å². The number of para-hydroxylation sites is 3. The van der Waals surface area contributed by atoms with Crippen LogP contribution in [-0.2, 0) is 32.2 Å². The summed E-state index contributed by atoms with van der Waals surface area (Å²) < 4.78 is 15.0. The van der Waals surface area contributed by atoms with Crippen LogP contribution in [0.15, 0.2) is 133 Å². The number of nitrogen functional groups attached to an aromatic ring is 1. The predicted molar refractivity (Wildman–Crippen MR) is 215 cm³/mol. The molecule has 3 atom stereocenters. The van der Waals surface area contributed by atoms with Crippen LogP contribution in [0.25, 0.3) is 16.8 Å². The fraction of sp³-hybridized carbons (Fsp3) is 0.233. The van der Waals surface area contributed by atoms with Crippen molar-refractivity contribution in [3.8, 4) is 16.8 Å². The highest BCUT2D eigenvalue weighted by Gasteiger charge is 2.33. The van der Waals surface area contributed by atoms with Crippen LogP contribution in [0.4, 0.5) is 11.4 Å². The summed E-state index contributed by atoms with van der Waals surface area (Å²) >= 11 is 1.53. The number of thioether (sulfide) groups is 1. The van der Waals surface area contributed by atoms with Crippen LogP contribution < -0.4 is 16.4 Å². The van der Waals surface area contributed by atoms with Gasteiger partial charge in [0, 0.05) is 37.1 Å². The van der Waals surface area contributed by atoms with Crippen molar-refractivity contribution in [3.05, 3.63) is 150 Å². The maximum absolute atomic E-state index is 12.7. The number of ether oxygens (including phenoxy) is 2. The van der Waals surface area contributed by atoms with Crippen LogP contribution in [0, 0.1) is 0 Å². The number of carbonyl (C=O) groups is 2. The number of nitrogens with one attached hydrogen (secondary N) is 2. The van der Waals surface area contributed by atoms with Crippen molar-refractivity contribution in [3.63, 3.8) is 0 Å². The lowest BCUT2D eigenvalue weighted by Crippen LogP contribution is -2.31. The lowest BCUT2D eigenvalue weighted by atomic mass is 9.99. The van der Waals surface area contributed by atoms with Crippen LogP contribution in [-0.4, -0.2) is 49.0 Å². The van der Waals surface area contributed by atoms with Gasteiger partial charge in [-0.05, 0) is 81.1 Å². The quantitative estimate of drug-likeness (QED) is 0.0622. The number of nitrogens with two attached hydrogens (primary N) is 1. The Bertz CT molecular complexity index is 2230. The van der Waals surface area contributed by atoms with Crippen molar-refractivity contribution < 1.29 is 24.2 Å². The number of benzene rings is 5. The van der Waals surface area contributed by atoms with Crippen molar-refractivity contribution in [1.82, 2.24) is 25.5 Å². The Hall–Kier alpha value is -5.86. The van der Waals surface area contributed by atoms with Gasteiger partial charge in [-0.1, -0.05) is 103 Å². The van der Waals surface area contributed by atoms with Crippen molar-refractivity contribution in [2.45, 2.75) is 62.5 Å². The lowest BCUT2D eigenvalue weighted by molar-refractivity contribution is -0.245. The molecule has 5 aromatic carbocycles. The Labute approximate surface area is 329 Å². The largest absolute Gasteiger partial charge is 0.397 e. The third kappa shape index (κ3) is 10.1. The number of tetrazole rings is 1. The molecule has 0 aliphatic carbocycles. The predicted octanol–water partition coefficient (Wildman–Crippen LogP) is 7.17. The van der Waals surface area contributed by atoms with E-state index in [1.165, 1.54) is 11.8 Å². The summed E-state index contributed by atoms with van der Waals surface area (Å²) in [6, 6.07) is 40.8. The number of amides is 2. The molecule has 7 rings (SSSR count). The first-order chi connectivity index (χ1) is 27.4. The van der Waals surface area contributed by atoms with Crippen molar-refractivity contribution in [2.75, 3.05) is 16.8 Å². The van der Waals surface area contributed by atoms with E-state index in [0.29, 0.717) is 41.7 Å². The van der Waals surface area contributed by atoms with Gasteiger partial charge in [0.2, 0.25) is 17.0 Å². The number of hydrogen-bond donors (Lipinski definition) is 4. The Balaban J connectivity index is 0.994. The number of nitrogens with zero attached hydrogens (tertiary/aromatic N) is 4. The smallest absolute Gasteiger partial charge is 0.224 e. The maximum Gasteiger partial charge on any atom is 0.224 e. The second kappa shape index (κ2) is 18.7. The third-order valence-electron chi connectivity index (χ3n) is 9.41. The van der Waals surface area contributed by atoms with Gasteiger partial charge in [0.15, 0.2) is 6.29 Å². The van der Waals surface area contributed by atoms with Crippen molar-refractivity contribution in [2.24, 2.45) is 0 Å². The Kier molecular flexibility index (Phi) is 12.8. The lowest BCUT2D eigenvalue weighted by Gasteiger charge is -2.36. The molecule has 1 aliphatic heterocycles. The standard InChI is InChI=1S/C43H43N7O5S/c44-37-15-4-5-16-38(37)46-41(53)18-8-17-40(52)45-26-30-9-6-10-32(23-30)33-11-7-12-34(24-33)42-54-36(25-39(55-42)31-21-19-29(27-51)20-22-31)28-56-43-47-48-49-50(43)35-13-2-1-3-14-35/h1-7,9-16,19-24,36,39,42,51H,8,17-18,25-28,44H2,(H,45,52)(H,46,53)/t36-,39+,42+/m0/s1. The molecule has 1 aliphatic rings. The van der Waals surface area contributed by atoms with E-state index in [9.17, 15) is 14.7 Å². The van der Waals surface area contributed by atoms with E-state index in [1.54, 1.807) is 28.9 Å². The minimum absolute atomic E-state index is 0.0283. The van der Waals surface area contributed by atoms with Gasteiger partial charge in [0.05, 0.1) is 35.9 Å². The second-order valence-corrected chi connectivity index (χ2v) is 14.4. The van der Waals surface area contributed by atoms with Crippen LogP contribution in [0.2, 0.25) is 0 Å². The molecule has 0 radical (unpaired) electrons. The van der Waals surface area contributed by atoms with Crippen LogP contribution in [0.1, 0.15) is 60.3 Å². The highest BCUT2D eigenvalue weighted by molar-refractivity contribution is 7.99. The summed E-state index contributed by atoms with van der Waals surface area (Å²) in [6.45, 7) is 0.330. The van der Waals surface area contributed by atoms with E-state index in [2.05, 4.69) is 38.3 Å². The number of aliphatic hydroxyl groups is 1. The van der Waals surface area contributed by atoms with E-state index in [4.69, 9.17) is 15.2 Å². The zero-order valence-electron chi connectivity index (χ0n) is 30.7. The van der Waals surface area contributed by atoms with Gasteiger partial charge in [-0.15, -0.1) is 5.10 Å². The van der Waals surface area contributed by atoms with Gasteiger partial charge in [-0.25, -0.2) is 0 Å². The molecule has 6 aromatic rings. The molecular formula is C43H43N7O5S. The second-order valence-electron chi connectivity index (χ2n) is 13.5. The van der Waals surface area contributed by atoms with E-state index in [0.717, 1.165) is 39.1 Å². The topological polar surface area (TPSA) is 167 Å². The molecule has 1 fully saturated rings. The van der Waals surface area contributed by atoms with E-state index < -0.39 is 6.29 Å². The fourth-order valence-electron chi connectivity index (χ4n) is 6.44. The van der Waals surface area contributed by atoms with Gasteiger partial charge in [-0.2, -0.15) is 4.68 Å². The molecule has 0 saturated carbocycles. The van der Waals surface area contributed by atoms with E-state index in [-0.39, 0.29) is 43.5 Å². The molecule has 2 heterocycles. The summed E-state index contributed by atoms with van der Waals surface area (Å²) in [5, 5.41) is 28.4. The minimum Gasteiger partial charge on any atom is -0.397 e. The Morgan fingerprint density at radius 2 is 1.55 bits per heavy atom. The van der Waals surface area contributed by atoms with Gasteiger partial charge >= 0.3 is 0 Å². The number of rotatable bonds is 15. The zero-order valence-corrected chi connectivity index (χ0v) is 31.5.